The fourth-order valence-corrected chi connectivity index (χ4v) is 2.63. The molecule has 0 spiro atoms. The highest BCUT2D eigenvalue weighted by atomic mass is 35.5. The number of aromatic nitrogens is 1. The van der Waals surface area contributed by atoms with Crippen LogP contribution in [0.2, 0.25) is 5.02 Å². The molecule has 0 fully saturated rings. The third-order valence-corrected chi connectivity index (χ3v) is 3.09. The minimum Gasteiger partial charge on any atom is -0.385 e. The van der Waals surface area contributed by atoms with Gasteiger partial charge < -0.3 is 10.8 Å². The maximum Gasteiger partial charge on any atom is 0.129 e. The van der Waals surface area contributed by atoms with E-state index in [1.807, 2.05) is 0 Å². The second kappa shape index (κ2) is 5.89. The van der Waals surface area contributed by atoms with E-state index in [2.05, 4.69) is 32.7 Å². The van der Waals surface area contributed by atoms with Gasteiger partial charge in [0.1, 0.15) is 5.82 Å². The first kappa shape index (κ1) is 15.3. The first-order chi connectivity index (χ1) is 8.24. The Morgan fingerprint density at radius 3 is 2.22 bits per heavy atom. The maximum absolute atomic E-state index is 11.0. The Balaban J connectivity index is 3.19. The van der Waals surface area contributed by atoms with E-state index in [-0.39, 0.29) is 0 Å². The van der Waals surface area contributed by atoms with Gasteiger partial charge in [-0.2, -0.15) is 0 Å². The van der Waals surface area contributed by atoms with Crippen LogP contribution in [0.15, 0.2) is 12.3 Å². The lowest BCUT2D eigenvalue weighted by Gasteiger charge is -2.32. The van der Waals surface area contributed by atoms with Crippen LogP contribution in [0.3, 0.4) is 0 Å². The minimum atomic E-state index is -0.954. The fraction of sp³-hybridized carbons (Fsp3) is 0.643. The molecule has 18 heavy (non-hydrogen) atoms. The molecule has 0 saturated carbocycles. The summed E-state index contributed by atoms with van der Waals surface area (Å²) in [5.74, 6) is 1.10. The molecule has 3 N–H and O–H groups in total. The van der Waals surface area contributed by atoms with Gasteiger partial charge in [-0.3, -0.25) is 0 Å². The largest absolute Gasteiger partial charge is 0.385 e. The second-order valence-electron chi connectivity index (χ2n) is 5.81. The van der Waals surface area contributed by atoms with Crippen molar-refractivity contribution in [3.05, 3.63) is 22.8 Å². The Labute approximate surface area is 114 Å². The second-order valence-corrected chi connectivity index (χ2v) is 6.25. The zero-order valence-electron chi connectivity index (χ0n) is 11.6. The molecule has 0 radical (unpaired) electrons. The predicted octanol–water partition coefficient (Wildman–Crippen LogP) is 3.60. The standard InChI is InChI=1S/C14H23ClN2O/c1-9(2)6-14(18,7-10(3)4)12-5-11(15)8-17-13(12)16/h5,8-10,18H,6-7H2,1-4H3,(H2,16,17). The van der Waals surface area contributed by atoms with Crippen LogP contribution in [0.25, 0.3) is 0 Å². The molecular formula is C14H23ClN2O. The maximum atomic E-state index is 11.0. The summed E-state index contributed by atoms with van der Waals surface area (Å²) in [6.07, 6.45) is 2.81. The number of anilines is 1. The Bertz CT molecular complexity index is 395. The first-order valence-electron chi connectivity index (χ1n) is 6.38. The molecule has 0 bridgehead atoms. The molecule has 0 saturated heterocycles. The van der Waals surface area contributed by atoms with Crippen molar-refractivity contribution >= 4 is 17.4 Å². The van der Waals surface area contributed by atoms with Crippen LogP contribution in [0, 0.1) is 11.8 Å². The highest BCUT2D eigenvalue weighted by Gasteiger charge is 2.33. The Morgan fingerprint density at radius 2 is 1.78 bits per heavy atom. The van der Waals surface area contributed by atoms with E-state index in [1.54, 1.807) is 6.07 Å². The molecule has 0 aromatic carbocycles. The molecule has 0 atom stereocenters. The first-order valence-corrected chi connectivity index (χ1v) is 6.76. The van der Waals surface area contributed by atoms with Crippen molar-refractivity contribution in [1.82, 2.24) is 4.98 Å². The number of nitrogens with two attached hydrogens (primary N) is 1. The fourth-order valence-electron chi connectivity index (χ4n) is 2.48. The molecule has 1 aromatic heterocycles. The molecular weight excluding hydrogens is 248 g/mol. The number of rotatable bonds is 5. The molecule has 1 aromatic rings. The van der Waals surface area contributed by atoms with E-state index in [4.69, 9.17) is 17.3 Å². The summed E-state index contributed by atoms with van der Waals surface area (Å²) in [5.41, 5.74) is 5.59. The molecule has 0 aliphatic heterocycles. The van der Waals surface area contributed by atoms with Crippen LogP contribution in [0.1, 0.15) is 46.1 Å². The number of pyridine rings is 1. The van der Waals surface area contributed by atoms with E-state index in [0.29, 0.717) is 41.1 Å². The van der Waals surface area contributed by atoms with E-state index in [1.165, 1.54) is 6.20 Å². The monoisotopic (exact) mass is 270 g/mol. The van der Waals surface area contributed by atoms with Crippen molar-refractivity contribution in [3.8, 4) is 0 Å². The Kier molecular flexibility index (Phi) is 5.00. The third-order valence-electron chi connectivity index (χ3n) is 2.88. The van der Waals surface area contributed by atoms with Crippen LogP contribution < -0.4 is 5.73 Å². The SMILES string of the molecule is CC(C)CC(O)(CC(C)C)c1cc(Cl)cnc1N. The Hall–Kier alpha value is -0.800. The minimum absolute atomic E-state index is 0.364. The Morgan fingerprint density at radius 1 is 1.28 bits per heavy atom. The average Bonchev–Trinajstić information content (AvgIpc) is 2.19. The van der Waals surface area contributed by atoms with Crippen LogP contribution in [0.4, 0.5) is 5.82 Å². The summed E-state index contributed by atoms with van der Waals surface area (Å²) < 4.78 is 0. The molecule has 3 nitrogen and oxygen atoms in total. The number of halogens is 1. The predicted molar refractivity (Wildman–Crippen MR) is 76.5 cm³/mol. The zero-order chi connectivity index (χ0) is 13.9. The quantitative estimate of drug-likeness (QED) is 0.859. The van der Waals surface area contributed by atoms with Crippen LogP contribution in [0.5, 0.6) is 0 Å². The van der Waals surface area contributed by atoms with Crippen molar-refractivity contribution < 1.29 is 5.11 Å². The van der Waals surface area contributed by atoms with E-state index in [0.717, 1.165) is 0 Å². The topological polar surface area (TPSA) is 59.1 Å². The van der Waals surface area contributed by atoms with Gasteiger partial charge in [-0.1, -0.05) is 39.3 Å². The molecule has 0 aliphatic carbocycles. The molecule has 0 amide bonds. The number of aliphatic hydroxyl groups is 1. The van der Waals surface area contributed by atoms with Gasteiger partial charge in [-0.15, -0.1) is 0 Å². The number of nitrogen functional groups attached to an aromatic ring is 1. The molecule has 0 aliphatic rings. The van der Waals surface area contributed by atoms with Crippen molar-refractivity contribution in [2.75, 3.05) is 5.73 Å². The van der Waals surface area contributed by atoms with Crippen molar-refractivity contribution in [2.45, 2.75) is 46.1 Å². The lowest BCUT2D eigenvalue weighted by Crippen LogP contribution is -2.31. The van der Waals surface area contributed by atoms with Gasteiger partial charge in [0.2, 0.25) is 0 Å². The highest BCUT2D eigenvalue weighted by molar-refractivity contribution is 6.30. The summed E-state index contributed by atoms with van der Waals surface area (Å²) in [7, 11) is 0. The summed E-state index contributed by atoms with van der Waals surface area (Å²) in [5, 5.41) is 11.5. The number of hydrogen-bond donors (Lipinski definition) is 2. The molecule has 0 unspecified atom stereocenters. The van der Waals surface area contributed by atoms with Crippen LogP contribution in [-0.2, 0) is 5.60 Å². The third kappa shape index (κ3) is 3.85. The van der Waals surface area contributed by atoms with Crippen LogP contribution >= 0.6 is 11.6 Å². The molecule has 1 heterocycles. The number of hydrogen-bond acceptors (Lipinski definition) is 3. The zero-order valence-corrected chi connectivity index (χ0v) is 12.3. The smallest absolute Gasteiger partial charge is 0.129 e. The van der Waals surface area contributed by atoms with Gasteiger partial charge in [0.05, 0.1) is 10.6 Å². The lowest BCUT2D eigenvalue weighted by molar-refractivity contribution is -0.00402. The molecule has 102 valence electrons. The van der Waals surface area contributed by atoms with Crippen molar-refractivity contribution in [2.24, 2.45) is 11.8 Å². The van der Waals surface area contributed by atoms with E-state index < -0.39 is 5.60 Å². The van der Waals surface area contributed by atoms with Gasteiger partial charge in [0.25, 0.3) is 0 Å². The van der Waals surface area contributed by atoms with Gasteiger partial charge >= 0.3 is 0 Å². The van der Waals surface area contributed by atoms with Gasteiger partial charge in [-0.25, -0.2) is 4.98 Å². The molecule has 4 heteroatoms. The van der Waals surface area contributed by atoms with Crippen molar-refractivity contribution in [1.29, 1.82) is 0 Å². The van der Waals surface area contributed by atoms with Gasteiger partial charge in [0, 0.05) is 11.8 Å². The lowest BCUT2D eigenvalue weighted by atomic mass is 9.80. The summed E-state index contributed by atoms with van der Waals surface area (Å²) >= 11 is 5.97. The van der Waals surface area contributed by atoms with Gasteiger partial charge in [0.15, 0.2) is 0 Å². The summed E-state index contributed by atoms with van der Waals surface area (Å²) in [6, 6.07) is 1.73. The molecule has 1 rings (SSSR count). The van der Waals surface area contributed by atoms with Crippen LogP contribution in [-0.4, -0.2) is 10.1 Å². The van der Waals surface area contributed by atoms with E-state index >= 15 is 0 Å². The summed E-state index contributed by atoms with van der Waals surface area (Å²) in [6.45, 7) is 8.33. The summed E-state index contributed by atoms with van der Waals surface area (Å²) in [4.78, 5) is 4.05. The number of nitrogens with zero attached hydrogens (tertiary/aromatic N) is 1. The average molecular weight is 271 g/mol. The van der Waals surface area contributed by atoms with Gasteiger partial charge in [-0.05, 0) is 30.7 Å². The normalized spacial score (nSPS) is 12.4. The van der Waals surface area contributed by atoms with Crippen molar-refractivity contribution in [3.63, 3.8) is 0 Å². The van der Waals surface area contributed by atoms with E-state index in [9.17, 15) is 5.11 Å². The highest BCUT2D eigenvalue weighted by Crippen LogP contribution is 2.38.